The first-order valence-electron chi connectivity index (χ1n) is 10.7. The molecule has 5 nitrogen and oxygen atoms in total. The maximum atomic E-state index is 12.3. The van der Waals surface area contributed by atoms with E-state index in [0.717, 1.165) is 17.6 Å². The van der Waals surface area contributed by atoms with E-state index in [1.807, 2.05) is 38.1 Å². The highest BCUT2D eigenvalue weighted by Gasteiger charge is 2.46. The third-order valence-electron chi connectivity index (χ3n) is 6.39. The van der Waals surface area contributed by atoms with Gasteiger partial charge in [0.15, 0.2) is 8.32 Å². The number of carbonyl (C=O) groups excluding carboxylic acids is 2. The summed E-state index contributed by atoms with van der Waals surface area (Å²) in [7, 11) is -0.499. The van der Waals surface area contributed by atoms with Crippen LogP contribution in [0.3, 0.4) is 0 Å². The Bertz CT molecular complexity index is 710. The first-order valence-corrected chi connectivity index (χ1v) is 14.7. The molecule has 1 aromatic carbocycles. The van der Waals surface area contributed by atoms with Gasteiger partial charge in [0, 0.05) is 18.3 Å². The highest BCUT2D eigenvalue weighted by Crippen LogP contribution is 2.42. The van der Waals surface area contributed by atoms with E-state index in [4.69, 9.17) is 13.9 Å². The molecular weight excluding hydrogens is 476 g/mol. The smallest absolute Gasteiger partial charge is 0.192 e. The van der Waals surface area contributed by atoms with Crippen molar-refractivity contribution in [3.8, 4) is 5.75 Å². The number of Topliss-reactive ketones (excluding diaryl/α,β-unsaturated/α-hetero) is 1. The zero-order valence-electron chi connectivity index (χ0n) is 20.3. The van der Waals surface area contributed by atoms with E-state index >= 15 is 0 Å². The van der Waals surface area contributed by atoms with Gasteiger partial charge in [-0.1, -0.05) is 62.7 Å². The third kappa shape index (κ3) is 8.12. The van der Waals surface area contributed by atoms with Crippen LogP contribution in [-0.2, 0) is 25.4 Å². The SMILES string of the molecule is COc1ccc(CO[C@@H](CC(=O)CBr)C(C)(C)[C@H](CC=O)O[Si](C)(C)C(C)(C)C)cc1. The van der Waals surface area contributed by atoms with Crippen molar-refractivity contribution in [2.24, 2.45) is 5.41 Å². The van der Waals surface area contributed by atoms with Crippen molar-refractivity contribution in [1.29, 1.82) is 0 Å². The normalized spacial score (nSPS) is 14.7. The molecule has 0 heterocycles. The molecular formula is C24H39BrO5Si. The molecule has 0 unspecified atom stereocenters. The van der Waals surface area contributed by atoms with Crippen LogP contribution in [-0.4, -0.2) is 45.0 Å². The fraction of sp³-hybridized carbons (Fsp3) is 0.667. The standard InChI is InChI=1S/C24H39BrO5Si/c1-23(2,3)31(7,8)30-21(13-14-26)24(4,5)22(15-19(27)16-25)29-17-18-9-11-20(28-6)12-10-18/h9-12,14,21-22H,13,15-17H2,1-8H3/t21-,22-/m0/s1. The van der Waals surface area contributed by atoms with Gasteiger partial charge in [-0.25, -0.2) is 0 Å². The average molecular weight is 516 g/mol. The Morgan fingerprint density at radius 1 is 1.10 bits per heavy atom. The maximum Gasteiger partial charge on any atom is 0.192 e. The molecule has 0 aliphatic heterocycles. The Balaban J connectivity index is 3.14. The minimum absolute atomic E-state index is 0.00927. The van der Waals surface area contributed by atoms with E-state index in [-0.39, 0.29) is 35.1 Å². The number of halogens is 1. The summed E-state index contributed by atoms with van der Waals surface area (Å²) >= 11 is 3.27. The molecule has 0 amide bonds. The Morgan fingerprint density at radius 2 is 1.68 bits per heavy atom. The maximum absolute atomic E-state index is 12.3. The lowest BCUT2D eigenvalue weighted by Gasteiger charge is -2.46. The second kappa shape index (κ2) is 11.7. The summed E-state index contributed by atoms with van der Waals surface area (Å²) in [6, 6.07) is 7.67. The van der Waals surface area contributed by atoms with E-state index in [0.29, 0.717) is 6.61 Å². The minimum Gasteiger partial charge on any atom is -0.497 e. The molecule has 0 spiro atoms. The zero-order chi connectivity index (χ0) is 23.9. The van der Waals surface area contributed by atoms with Crippen LogP contribution in [0.25, 0.3) is 0 Å². The number of aldehydes is 1. The van der Waals surface area contributed by atoms with Crippen molar-refractivity contribution in [3.05, 3.63) is 29.8 Å². The Labute approximate surface area is 197 Å². The third-order valence-corrected chi connectivity index (χ3v) is 11.5. The van der Waals surface area contributed by atoms with Crippen molar-refractivity contribution in [2.45, 2.75) is 84.4 Å². The number of carbonyl (C=O) groups is 2. The predicted molar refractivity (Wildman–Crippen MR) is 132 cm³/mol. The molecule has 2 atom stereocenters. The van der Waals surface area contributed by atoms with Gasteiger partial charge < -0.3 is 18.7 Å². The second-order valence-corrected chi connectivity index (χ2v) is 15.4. The van der Waals surface area contributed by atoms with Gasteiger partial charge in [0.2, 0.25) is 0 Å². The highest BCUT2D eigenvalue weighted by atomic mass is 79.9. The molecule has 7 heteroatoms. The van der Waals surface area contributed by atoms with Gasteiger partial charge in [-0.05, 0) is 35.8 Å². The lowest BCUT2D eigenvalue weighted by atomic mass is 9.77. The number of hydrogen-bond donors (Lipinski definition) is 0. The summed E-state index contributed by atoms with van der Waals surface area (Å²) in [5.41, 5.74) is 0.450. The number of rotatable bonds is 13. The molecule has 0 saturated carbocycles. The number of methoxy groups -OCH3 is 1. The second-order valence-electron chi connectivity index (χ2n) is 10.1. The van der Waals surface area contributed by atoms with Crippen LogP contribution in [0.4, 0.5) is 0 Å². The van der Waals surface area contributed by atoms with Gasteiger partial charge in [0.25, 0.3) is 0 Å². The first-order chi connectivity index (χ1) is 14.3. The molecule has 1 rings (SSSR count). The zero-order valence-corrected chi connectivity index (χ0v) is 22.9. The van der Waals surface area contributed by atoms with E-state index in [9.17, 15) is 9.59 Å². The highest BCUT2D eigenvalue weighted by molar-refractivity contribution is 9.09. The van der Waals surface area contributed by atoms with Crippen LogP contribution >= 0.6 is 15.9 Å². The van der Waals surface area contributed by atoms with Crippen molar-refractivity contribution < 1.29 is 23.5 Å². The van der Waals surface area contributed by atoms with Crippen molar-refractivity contribution in [2.75, 3.05) is 12.4 Å². The summed E-state index contributed by atoms with van der Waals surface area (Å²) in [6.45, 7) is 15.3. The summed E-state index contributed by atoms with van der Waals surface area (Å²) in [5, 5.41) is 0.280. The molecule has 0 fully saturated rings. The predicted octanol–water partition coefficient (Wildman–Crippen LogP) is 5.94. The van der Waals surface area contributed by atoms with Crippen LogP contribution in [0.15, 0.2) is 24.3 Å². The molecule has 176 valence electrons. The van der Waals surface area contributed by atoms with Crippen LogP contribution < -0.4 is 4.74 Å². The van der Waals surface area contributed by atoms with E-state index < -0.39 is 19.8 Å². The molecule has 0 saturated heterocycles. The largest absolute Gasteiger partial charge is 0.497 e. The van der Waals surface area contributed by atoms with Crippen LogP contribution in [0.5, 0.6) is 5.75 Å². The average Bonchev–Trinajstić information content (AvgIpc) is 2.69. The molecule has 0 aromatic heterocycles. The summed E-state index contributed by atoms with van der Waals surface area (Å²) < 4.78 is 18.2. The van der Waals surface area contributed by atoms with Gasteiger partial charge in [0.1, 0.15) is 17.8 Å². The topological polar surface area (TPSA) is 61.8 Å². The summed E-state index contributed by atoms with van der Waals surface area (Å²) in [5.74, 6) is 0.842. The molecule has 31 heavy (non-hydrogen) atoms. The monoisotopic (exact) mass is 514 g/mol. The van der Waals surface area contributed by atoms with Crippen molar-refractivity contribution in [1.82, 2.24) is 0 Å². The Morgan fingerprint density at radius 3 is 2.13 bits per heavy atom. The lowest BCUT2D eigenvalue weighted by molar-refractivity contribution is -0.130. The van der Waals surface area contributed by atoms with E-state index in [1.54, 1.807) is 7.11 Å². The van der Waals surface area contributed by atoms with Gasteiger partial charge in [-0.3, -0.25) is 4.79 Å². The lowest BCUT2D eigenvalue weighted by Crippen LogP contribution is -2.52. The molecule has 0 aliphatic rings. The van der Waals surface area contributed by atoms with Gasteiger partial charge in [0.05, 0.1) is 31.3 Å². The molecule has 0 bridgehead atoms. The van der Waals surface area contributed by atoms with Gasteiger partial charge >= 0.3 is 0 Å². The van der Waals surface area contributed by atoms with Crippen LogP contribution in [0, 0.1) is 5.41 Å². The molecule has 0 N–H and O–H groups in total. The Kier molecular flexibility index (Phi) is 10.6. The van der Waals surface area contributed by atoms with Crippen molar-refractivity contribution >= 4 is 36.3 Å². The number of hydrogen-bond acceptors (Lipinski definition) is 5. The summed E-state index contributed by atoms with van der Waals surface area (Å²) in [6.07, 6.45) is 0.700. The Hall–Kier alpha value is -1.02. The number of ketones is 1. The van der Waals surface area contributed by atoms with Gasteiger partial charge in [-0.15, -0.1) is 0 Å². The quantitative estimate of drug-likeness (QED) is 0.185. The number of ether oxygens (including phenoxy) is 2. The van der Waals surface area contributed by atoms with E-state index in [2.05, 4.69) is 49.8 Å². The molecule has 1 aromatic rings. The molecule has 0 aliphatic carbocycles. The fourth-order valence-electron chi connectivity index (χ4n) is 3.05. The first kappa shape index (κ1) is 28.0. The van der Waals surface area contributed by atoms with Crippen molar-refractivity contribution in [3.63, 3.8) is 0 Å². The molecule has 0 radical (unpaired) electrons. The minimum atomic E-state index is -2.13. The van der Waals surface area contributed by atoms with Crippen LogP contribution in [0.2, 0.25) is 18.1 Å². The van der Waals surface area contributed by atoms with Crippen LogP contribution in [0.1, 0.15) is 53.0 Å². The number of benzene rings is 1. The number of alkyl halides is 1. The van der Waals surface area contributed by atoms with E-state index in [1.165, 1.54) is 0 Å². The summed E-state index contributed by atoms with van der Waals surface area (Å²) in [4.78, 5) is 23.9. The fourth-order valence-corrected chi connectivity index (χ4v) is 4.74. The van der Waals surface area contributed by atoms with Gasteiger partial charge in [-0.2, -0.15) is 0 Å².